The van der Waals surface area contributed by atoms with E-state index in [-0.39, 0.29) is 11.8 Å². The molecule has 3 rings (SSSR count). The van der Waals surface area contributed by atoms with Crippen LogP contribution in [0.4, 0.5) is 0 Å². The van der Waals surface area contributed by atoms with Gasteiger partial charge in [-0.15, -0.1) is 4.91 Å². The fourth-order valence-corrected chi connectivity index (χ4v) is 3.95. The highest BCUT2D eigenvalue weighted by molar-refractivity contribution is 6.03. The van der Waals surface area contributed by atoms with Crippen LogP contribution in [0, 0.1) is 10.3 Å². The minimum atomic E-state index is -0.416. The summed E-state index contributed by atoms with van der Waals surface area (Å²) in [5.74, 6) is -0.687. The van der Waals surface area contributed by atoms with Crippen LogP contribution in [0.2, 0.25) is 0 Å². The van der Waals surface area contributed by atoms with E-state index in [0.717, 1.165) is 41.5 Å². The lowest BCUT2D eigenvalue weighted by atomic mass is 9.82. The zero-order chi connectivity index (χ0) is 22.4. The molecule has 7 heteroatoms. The number of carbonyl (C=O) groups is 1. The van der Waals surface area contributed by atoms with E-state index >= 15 is 0 Å². The van der Waals surface area contributed by atoms with Crippen molar-refractivity contribution in [3.05, 3.63) is 70.3 Å². The van der Waals surface area contributed by atoms with Crippen molar-refractivity contribution in [2.45, 2.75) is 45.6 Å². The maximum atomic E-state index is 12.6. The Balaban J connectivity index is 2.04. The predicted molar refractivity (Wildman–Crippen MR) is 122 cm³/mol. The molecule has 0 aromatic heterocycles. The van der Waals surface area contributed by atoms with Crippen LogP contribution in [0.5, 0.6) is 0 Å². The monoisotopic (exact) mass is 420 g/mol. The van der Waals surface area contributed by atoms with Crippen LogP contribution in [0.25, 0.3) is 16.7 Å². The van der Waals surface area contributed by atoms with Crippen LogP contribution in [-0.2, 0) is 9.53 Å². The molecule has 0 radical (unpaired) electrons. The molecule has 0 amide bonds. The summed E-state index contributed by atoms with van der Waals surface area (Å²) in [7, 11) is 0. The van der Waals surface area contributed by atoms with Gasteiger partial charge < -0.3 is 10.2 Å². The van der Waals surface area contributed by atoms with Crippen LogP contribution in [0.15, 0.2) is 59.4 Å². The van der Waals surface area contributed by atoms with Gasteiger partial charge in [0.25, 0.3) is 0 Å². The Morgan fingerprint density at radius 3 is 2.42 bits per heavy atom. The summed E-state index contributed by atoms with van der Waals surface area (Å²) in [6.07, 6.45) is 2.92. The van der Waals surface area contributed by atoms with Gasteiger partial charge in [-0.05, 0) is 42.1 Å². The average molecular weight is 421 g/mol. The number of hydrogen-bond donors (Lipinski definition) is 3. The SMILES string of the molecule is CCCCC1(C)NNC(C(=O)OCC)=C1c1ccc(-c2ccccc2C(=N)N=O)cc1. The predicted octanol–water partition coefficient (Wildman–Crippen LogP) is 4.78. The molecular formula is C24H28N4O3. The fraction of sp³-hybridized carbons (Fsp3) is 0.333. The smallest absolute Gasteiger partial charge is 0.356 e. The van der Waals surface area contributed by atoms with E-state index in [0.29, 0.717) is 17.9 Å². The highest BCUT2D eigenvalue weighted by Gasteiger charge is 2.39. The number of ether oxygens (including phenoxy) is 1. The molecule has 0 saturated carbocycles. The van der Waals surface area contributed by atoms with Gasteiger partial charge in [0.15, 0.2) is 5.84 Å². The summed E-state index contributed by atoms with van der Waals surface area (Å²) >= 11 is 0. The molecule has 31 heavy (non-hydrogen) atoms. The summed E-state index contributed by atoms with van der Waals surface area (Å²) in [5, 5.41) is 10.6. The number of nitrogens with one attached hydrogen (secondary N) is 3. The standard InChI is InChI=1S/C24H28N4O3/c1-4-6-15-24(3)20(21(26-28-24)23(29)31-5-2)17-13-11-16(12-14-17)18-9-7-8-10-19(18)22(25)27-30/h7-14,25-26,28H,4-6,15H2,1-3H3. The Labute approximate surface area is 182 Å². The van der Waals surface area contributed by atoms with Crippen molar-refractivity contribution in [3.63, 3.8) is 0 Å². The molecule has 1 heterocycles. The molecule has 1 unspecified atom stereocenters. The van der Waals surface area contributed by atoms with Crippen LogP contribution in [-0.4, -0.2) is 24.0 Å². The Morgan fingerprint density at radius 1 is 1.10 bits per heavy atom. The maximum absolute atomic E-state index is 12.6. The molecule has 1 aliphatic heterocycles. The lowest BCUT2D eigenvalue weighted by Gasteiger charge is -2.27. The van der Waals surface area contributed by atoms with E-state index in [9.17, 15) is 9.70 Å². The van der Waals surface area contributed by atoms with Crippen molar-refractivity contribution in [1.82, 2.24) is 10.9 Å². The molecule has 2 aromatic rings. The molecule has 3 N–H and O–H groups in total. The quantitative estimate of drug-likeness (QED) is 0.247. The van der Waals surface area contributed by atoms with Crippen LogP contribution < -0.4 is 10.9 Å². The molecule has 0 spiro atoms. The number of nitrogens with zero attached hydrogens (tertiary/aromatic N) is 1. The highest BCUT2D eigenvalue weighted by Crippen LogP contribution is 2.38. The number of hydrazine groups is 1. The maximum Gasteiger partial charge on any atom is 0.356 e. The number of unbranched alkanes of at least 4 members (excludes halogenated alkanes) is 1. The van der Waals surface area contributed by atoms with Crippen LogP contribution in [0.3, 0.4) is 0 Å². The lowest BCUT2D eigenvalue weighted by molar-refractivity contribution is -0.138. The molecule has 1 atom stereocenters. The van der Waals surface area contributed by atoms with Gasteiger partial charge in [0, 0.05) is 11.1 Å². The zero-order valence-corrected chi connectivity index (χ0v) is 18.1. The van der Waals surface area contributed by atoms with Crippen molar-refractivity contribution in [1.29, 1.82) is 5.41 Å². The van der Waals surface area contributed by atoms with Gasteiger partial charge in [-0.25, -0.2) is 10.2 Å². The Hall–Kier alpha value is -3.32. The van der Waals surface area contributed by atoms with Gasteiger partial charge >= 0.3 is 5.97 Å². The summed E-state index contributed by atoms with van der Waals surface area (Å²) in [6.45, 7) is 6.31. The van der Waals surface area contributed by atoms with Crippen molar-refractivity contribution < 1.29 is 9.53 Å². The summed E-state index contributed by atoms with van der Waals surface area (Å²) in [5.41, 5.74) is 10.2. The average Bonchev–Trinajstić information content (AvgIpc) is 3.15. The molecule has 7 nitrogen and oxygen atoms in total. The second-order valence-corrected chi connectivity index (χ2v) is 7.72. The highest BCUT2D eigenvalue weighted by atomic mass is 16.5. The first kappa shape index (κ1) is 22.4. The second kappa shape index (κ2) is 9.66. The molecule has 162 valence electrons. The second-order valence-electron chi connectivity index (χ2n) is 7.72. The number of nitroso groups, excluding NO2 is 1. The number of hydrogen-bond acceptors (Lipinski definition) is 6. The first-order valence-corrected chi connectivity index (χ1v) is 10.5. The third-order valence-corrected chi connectivity index (χ3v) is 5.53. The number of esters is 1. The van der Waals surface area contributed by atoms with E-state index in [1.165, 1.54) is 0 Å². The minimum Gasteiger partial charge on any atom is -0.461 e. The van der Waals surface area contributed by atoms with Gasteiger partial charge in [0.05, 0.1) is 12.1 Å². The van der Waals surface area contributed by atoms with Gasteiger partial charge in [0.2, 0.25) is 0 Å². The zero-order valence-electron chi connectivity index (χ0n) is 18.1. The van der Waals surface area contributed by atoms with E-state index in [2.05, 4.69) is 29.9 Å². The van der Waals surface area contributed by atoms with Crippen molar-refractivity contribution in [3.8, 4) is 11.1 Å². The van der Waals surface area contributed by atoms with Crippen molar-refractivity contribution in [2.75, 3.05) is 6.61 Å². The number of amidine groups is 1. The molecule has 0 saturated heterocycles. The van der Waals surface area contributed by atoms with E-state index in [4.69, 9.17) is 10.1 Å². The third kappa shape index (κ3) is 4.56. The largest absolute Gasteiger partial charge is 0.461 e. The molecule has 2 aromatic carbocycles. The minimum absolute atomic E-state index is 0.301. The molecular weight excluding hydrogens is 392 g/mol. The molecule has 0 fully saturated rings. The Bertz CT molecular complexity index is 1010. The van der Waals surface area contributed by atoms with E-state index in [1.54, 1.807) is 19.1 Å². The van der Waals surface area contributed by atoms with Gasteiger partial charge in [-0.1, -0.05) is 68.3 Å². The van der Waals surface area contributed by atoms with Gasteiger partial charge in [-0.2, -0.15) is 0 Å². The number of rotatable bonds is 8. The topological polar surface area (TPSA) is 104 Å². The van der Waals surface area contributed by atoms with E-state index < -0.39 is 5.54 Å². The van der Waals surface area contributed by atoms with E-state index in [1.807, 2.05) is 36.4 Å². The molecule has 0 aliphatic carbocycles. The summed E-state index contributed by atoms with van der Waals surface area (Å²) in [6, 6.07) is 15.0. The molecule has 0 bridgehead atoms. The number of carbonyl (C=O) groups excluding carboxylic acids is 1. The van der Waals surface area contributed by atoms with Crippen LogP contribution in [0.1, 0.15) is 51.2 Å². The fourth-order valence-electron chi connectivity index (χ4n) is 3.95. The molecule has 1 aliphatic rings. The summed E-state index contributed by atoms with van der Waals surface area (Å²) in [4.78, 5) is 23.5. The third-order valence-electron chi connectivity index (χ3n) is 5.53. The van der Waals surface area contributed by atoms with Crippen molar-refractivity contribution >= 4 is 17.4 Å². The number of benzene rings is 2. The Morgan fingerprint density at radius 2 is 1.77 bits per heavy atom. The normalized spacial score (nSPS) is 17.9. The van der Waals surface area contributed by atoms with Crippen LogP contribution >= 0.6 is 0 Å². The Kier molecular flexibility index (Phi) is 6.97. The van der Waals surface area contributed by atoms with Gasteiger partial charge in [0.1, 0.15) is 5.70 Å². The first-order valence-electron chi connectivity index (χ1n) is 10.5. The first-order chi connectivity index (χ1) is 14.9. The summed E-state index contributed by atoms with van der Waals surface area (Å²) < 4.78 is 5.26. The van der Waals surface area contributed by atoms with Gasteiger partial charge in [-0.3, -0.25) is 5.41 Å². The lowest BCUT2D eigenvalue weighted by Crippen LogP contribution is -2.44. The van der Waals surface area contributed by atoms with Crippen molar-refractivity contribution in [2.24, 2.45) is 5.18 Å².